The quantitative estimate of drug-likeness (QED) is 0.652. The van der Waals surface area contributed by atoms with Crippen LogP contribution in [0.3, 0.4) is 0 Å². The van der Waals surface area contributed by atoms with Crippen LogP contribution in [-0.4, -0.2) is 12.1 Å². The van der Waals surface area contributed by atoms with Gasteiger partial charge in [-0.2, -0.15) is 13.8 Å². The van der Waals surface area contributed by atoms with Gasteiger partial charge in [0.05, 0.1) is 7.11 Å². The van der Waals surface area contributed by atoms with Crippen molar-refractivity contribution in [3.05, 3.63) is 36.2 Å². The first-order valence-electron chi connectivity index (χ1n) is 4.01. The molecule has 0 saturated heterocycles. The Kier molecular flexibility index (Phi) is 2.04. The van der Waals surface area contributed by atoms with E-state index in [1.165, 1.54) is 13.2 Å². The molecule has 0 saturated carbocycles. The maximum atomic E-state index is 13.2. The summed E-state index contributed by atoms with van der Waals surface area (Å²) in [7, 11) is 1.45. The van der Waals surface area contributed by atoms with Crippen LogP contribution < -0.4 is 4.74 Å². The summed E-state index contributed by atoms with van der Waals surface area (Å²) in [5, 5.41) is 0.644. The molecule has 4 heteroatoms. The van der Waals surface area contributed by atoms with Crippen LogP contribution in [0.15, 0.2) is 24.3 Å². The standard InChI is InChI=1S/C10H7F2NO/c1-14-8-4-2-3-6-7(8)5-9(11)13-10(6)12/h2-5H,1H3. The van der Waals surface area contributed by atoms with Crippen LogP contribution in [0.4, 0.5) is 8.78 Å². The Balaban J connectivity index is 2.86. The molecule has 0 fully saturated rings. The molecule has 0 atom stereocenters. The normalized spacial score (nSPS) is 10.5. The van der Waals surface area contributed by atoms with Crippen molar-refractivity contribution in [2.45, 2.75) is 0 Å². The lowest BCUT2D eigenvalue weighted by molar-refractivity contribution is 0.419. The maximum Gasteiger partial charge on any atom is 0.223 e. The Morgan fingerprint density at radius 2 is 2.00 bits per heavy atom. The molecule has 1 heterocycles. The van der Waals surface area contributed by atoms with Crippen molar-refractivity contribution in [3.8, 4) is 5.75 Å². The van der Waals surface area contributed by atoms with Crippen LogP contribution in [0.1, 0.15) is 0 Å². The van der Waals surface area contributed by atoms with Crippen molar-refractivity contribution in [2.24, 2.45) is 0 Å². The Morgan fingerprint density at radius 3 is 2.71 bits per heavy atom. The third kappa shape index (κ3) is 1.28. The van der Waals surface area contributed by atoms with Crippen molar-refractivity contribution in [1.29, 1.82) is 0 Å². The minimum atomic E-state index is -0.848. The second-order valence-electron chi connectivity index (χ2n) is 2.79. The fraction of sp³-hybridized carbons (Fsp3) is 0.100. The lowest BCUT2D eigenvalue weighted by Gasteiger charge is -2.04. The van der Waals surface area contributed by atoms with Crippen LogP contribution in [-0.2, 0) is 0 Å². The number of hydrogen-bond acceptors (Lipinski definition) is 2. The zero-order chi connectivity index (χ0) is 10.1. The number of pyridine rings is 1. The van der Waals surface area contributed by atoms with E-state index in [-0.39, 0.29) is 5.39 Å². The molecule has 0 aliphatic rings. The summed E-state index contributed by atoms with van der Waals surface area (Å²) >= 11 is 0. The molecule has 2 nitrogen and oxygen atoms in total. The zero-order valence-electron chi connectivity index (χ0n) is 7.42. The van der Waals surface area contributed by atoms with E-state index < -0.39 is 11.9 Å². The maximum absolute atomic E-state index is 13.2. The molecule has 0 radical (unpaired) electrons. The predicted molar refractivity (Wildman–Crippen MR) is 48.2 cm³/mol. The van der Waals surface area contributed by atoms with Crippen molar-refractivity contribution in [2.75, 3.05) is 7.11 Å². The van der Waals surface area contributed by atoms with Gasteiger partial charge in [0.2, 0.25) is 11.9 Å². The Bertz CT molecular complexity index is 485. The molecule has 14 heavy (non-hydrogen) atoms. The van der Waals surface area contributed by atoms with E-state index in [9.17, 15) is 8.78 Å². The molecular formula is C10H7F2NO. The number of benzene rings is 1. The van der Waals surface area contributed by atoms with Gasteiger partial charge in [0.1, 0.15) is 5.75 Å². The molecule has 2 aromatic rings. The summed E-state index contributed by atoms with van der Waals surface area (Å²) in [5.74, 6) is -1.24. The van der Waals surface area contributed by atoms with Crippen LogP contribution in [0.2, 0.25) is 0 Å². The summed E-state index contributed by atoms with van der Waals surface area (Å²) in [6.45, 7) is 0. The third-order valence-corrected chi connectivity index (χ3v) is 1.98. The summed E-state index contributed by atoms with van der Waals surface area (Å²) in [6, 6.07) is 5.95. The van der Waals surface area contributed by atoms with E-state index in [1.54, 1.807) is 12.1 Å². The average Bonchev–Trinajstić information content (AvgIpc) is 2.17. The van der Waals surface area contributed by atoms with Gasteiger partial charge in [-0.15, -0.1) is 0 Å². The van der Waals surface area contributed by atoms with Gasteiger partial charge >= 0.3 is 0 Å². The first-order chi connectivity index (χ1) is 6.72. The second kappa shape index (κ2) is 3.21. The van der Waals surface area contributed by atoms with Gasteiger partial charge in [-0.3, -0.25) is 0 Å². The van der Waals surface area contributed by atoms with E-state index in [0.717, 1.165) is 6.07 Å². The van der Waals surface area contributed by atoms with E-state index in [0.29, 0.717) is 11.1 Å². The van der Waals surface area contributed by atoms with E-state index in [1.807, 2.05) is 0 Å². The fourth-order valence-corrected chi connectivity index (χ4v) is 1.36. The average molecular weight is 195 g/mol. The SMILES string of the molecule is COc1cccc2c(F)nc(F)cc12. The number of halogens is 2. The lowest BCUT2D eigenvalue weighted by Crippen LogP contribution is -1.92. The molecule has 0 spiro atoms. The van der Waals surface area contributed by atoms with Crippen molar-refractivity contribution >= 4 is 10.8 Å². The zero-order valence-corrected chi connectivity index (χ0v) is 7.42. The van der Waals surface area contributed by atoms with E-state index >= 15 is 0 Å². The van der Waals surface area contributed by atoms with Crippen LogP contribution in [0.25, 0.3) is 10.8 Å². The highest BCUT2D eigenvalue weighted by molar-refractivity contribution is 5.87. The first-order valence-corrected chi connectivity index (χ1v) is 4.01. The van der Waals surface area contributed by atoms with Gasteiger partial charge in [0, 0.05) is 16.8 Å². The van der Waals surface area contributed by atoms with Gasteiger partial charge in [0.15, 0.2) is 0 Å². The number of methoxy groups -OCH3 is 1. The number of fused-ring (bicyclic) bond motifs is 1. The third-order valence-electron chi connectivity index (χ3n) is 1.98. The Labute approximate surface area is 79.1 Å². The molecule has 1 aromatic heterocycles. The molecule has 0 N–H and O–H groups in total. The highest BCUT2D eigenvalue weighted by Gasteiger charge is 2.08. The largest absolute Gasteiger partial charge is 0.496 e. The topological polar surface area (TPSA) is 22.1 Å². The molecule has 0 amide bonds. The van der Waals surface area contributed by atoms with Crippen LogP contribution >= 0.6 is 0 Å². The molecule has 0 aliphatic carbocycles. The lowest BCUT2D eigenvalue weighted by atomic mass is 10.1. The van der Waals surface area contributed by atoms with E-state index in [4.69, 9.17) is 4.74 Å². The smallest absolute Gasteiger partial charge is 0.223 e. The van der Waals surface area contributed by atoms with E-state index in [2.05, 4.69) is 4.98 Å². The van der Waals surface area contributed by atoms with Crippen molar-refractivity contribution in [3.63, 3.8) is 0 Å². The van der Waals surface area contributed by atoms with Gasteiger partial charge < -0.3 is 4.74 Å². The summed E-state index contributed by atoms with van der Waals surface area (Å²) in [4.78, 5) is 3.09. The molecule has 1 aromatic carbocycles. The number of ether oxygens (including phenoxy) is 1. The van der Waals surface area contributed by atoms with Crippen molar-refractivity contribution in [1.82, 2.24) is 4.98 Å². The predicted octanol–water partition coefficient (Wildman–Crippen LogP) is 2.52. The van der Waals surface area contributed by atoms with Crippen molar-refractivity contribution < 1.29 is 13.5 Å². The minimum Gasteiger partial charge on any atom is -0.496 e. The van der Waals surface area contributed by atoms with Crippen LogP contribution in [0.5, 0.6) is 5.75 Å². The van der Waals surface area contributed by atoms with Gasteiger partial charge in [0.25, 0.3) is 0 Å². The molecule has 0 unspecified atom stereocenters. The highest BCUT2D eigenvalue weighted by Crippen LogP contribution is 2.26. The number of aromatic nitrogens is 1. The first kappa shape index (κ1) is 8.87. The summed E-state index contributed by atoms with van der Waals surface area (Å²) in [6.07, 6.45) is 0. The van der Waals surface area contributed by atoms with Gasteiger partial charge in [-0.1, -0.05) is 6.07 Å². The fourth-order valence-electron chi connectivity index (χ4n) is 1.36. The molecular weight excluding hydrogens is 188 g/mol. The minimum absolute atomic E-state index is 0.255. The number of rotatable bonds is 1. The summed E-state index contributed by atoms with van der Waals surface area (Å²) in [5.41, 5.74) is 0. The molecule has 72 valence electrons. The second-order valence-corrected chi connectivity index (χ2v) is 2.79. The number of nitrogens with zero attached hydrogens (tertiary/aromatic N) is 1. The van der Waals surface area contributed by atoms with Gasteiger partial charge in [-0.05, 0) is 12.1 Å². The molecule has 0 bridgehead atoms. The molecule has 0 aliphatic heterocycles. The molecule has 2 rings (SSSR count). The number of hydrogen-bond donors (Lipinski definition) is 0. The van der Waals surface area contributed by atoms with Crippen LogP contribution in [0, 0.1) is 11.9 Å². The van der Waals surface area contributed by atoms with Gasteiger partial charge in [-0.25, -0.2) is 0 Å². The summed E-state index contributed by atoms with van der Waals surface area (Å²) < 4.78 is 30.9. The Hall–Kier alpha value is -1.71. The Morgan fingerprint density at radius 1 is 1.21 bits per heavy atom. The highest BCUT2D eigenvalue weighted by atomic mass is 19.1. The monoisotopic (exact) mass is 195 g/mol.